The highest BCUT2D eigenvalue weighted by atomic mass is 16.2. The van der Waals surface area contributed by atoms with Gasteiger partial charge in [0.1, 0.15) is 5.82 Å². The zero-order chi connectivity index (χ0) is 13.8. The average molecular weight is 262 g/mol. The van der Waals surface area contributed by atoms with E-state index in [0.717, 1.165) is 44.0 Å². The summed E-state index contributed by atoms with van der Waals surface area (Å²) in [6.45, 7) is 6.91. The van der Waals surface area contributed by atoms with Crippen LogP contribution in [0, 0.1) is 0 Å². The molecule has 5 nitrogen and oxygen atoms in total. The lowest BCUT2D eigenvalue weighted by Crippen LogP contribution is -2.48. The van der Waals surface area contributed by atoms with E-state index < -0.39 is 0 Å². The zero-order valence-electron chi connectivity index (χ0n) is 11.7. The second-order valence-electron chi connectivity index (χ2n) is 4.96. The molecule has 1 aromatic rings. The van der Waals surface area contributed by atoms with Crippen LogP contribution in [0.25, 0.3) is 0 Å². The van der Waals surface area contributed by atoms with Crippen molar-refractivity contribution in [2.45, 2.75) is 26.3 Å². The number of piperazine rings is 1. The molecular weight excluding hydrogens is 240 g/mol. The van der Waals surface area contributed by atoms with Crippen LogP contribution in [0.1, 0.15) is 31.9 Å². The maximum Gasteiger partial charge on any atom is 0.219 e. The average Bonchev–Trinajstić information content (AvgIpc) is 2.46. The molecule has 1 aliphatic rings. The number of nitrogens with two attached hydrogens (primary N) is 1. The molecule has 0 aliphatic carbocycles. The normalized spacial score (nSPS) is 17.4. The van der Waals surface area contributed by atoms with Crippen LogP contribution in [-0.2, 0) is 4.79 Å². The van der Waals surface area contributed by atoms with Gasteiger partial charge in [-0.05, 0) is 18.1 Å². The van der Waals surface area contributed by atoms with Crippen LogP contribution in [0.15, 0.2) is 18.3 Å². The Hall–Kier alpha value is -1.62. The molecule has 0 aromatic carbocycles. The predicted molar refractivity (Wildman–Crippen MR) is 75.9 cm³/mol. The van der Waals surface area contributed by atoms with Gasteiger partial charge in [-0.2, -0.15) is 0 Å². The van der Waals surface area contributed by atoms with E-state index in [1.165, 1.54) is 0 Å². The first-order chi connectivity index (χ1) is 9.11. The Morgan fingerprint density at radius 3 is 2.53 bits per heavy atom. The highest BCUT2D eigenvalue weighted by Crippen LogP contribution is 2.18. The summed E-state index contributed by atoms with van der Waals surface area (Å²) in [7, 11) is 0. The van der Waals surface area contributed by atoms with Crippen LogP contribution in [0.5, 0.6) is 0 Å². The quantitative estimate of drug-likeness (QED) is 0.888. The molecule has 1 fully saturated rings. The van der Waals surface area contributed by atoms with Gasteiger partial charge in [-0.3, -0.25) is 4.79 Å². The topological polar surface area (TPSA) is 62.5 Å². The van der Waals surface area contributed by atoms with E-state index in [1.807, 2.05) is 23.2 Å². The minimum atomic E-state index is 0.0658. The zero-order valence-corrected chi connectivity index (χ0v) is 11.7. The minimum absolute atomic E-state index is 0.0658. The van der Waals surface area contributed by atoms with Gasteiger partial charge in [-0.25, -0.2) is 4.98 Å². The fraction of sp³-hybridized carbons (Fsp3) is 0.571. The standard InChI is InChI=1S/C14H22N4O/c1-3-13(15)12-4-5-14(16-10-12)18-8-6-17(7-9-18)11(2)19/h4-5,10,13H,3,6-9,15H2,1-2H3. The summed E-state index contributed by atoms with van der Waals surface area (Å²) in [4.78, 5) is 19.8. The SMILES string of the molecule is CCC(N)c1ccc(N2CCN(C(C)=O)CC2)nc1. The first kappa shape index (κ1) is 13.8. The van der Waals surface area contributed by atoms with Crippen molar-refractivity contribution in [1.29, 1.82) is 0 Å². The summed E-state index contributed by atoms with van der Waals surface area (Å²) in [5, 5.41) is 0. The van der Waals surface area contributed by atoms with Gasteiger partial charge in [-0.1, -0.05) is 13.0 Å². The molecule has 1 amide bonds. The molecule has 2 heterocycles. The highest BCUT2D eigenvalue weighted by molar-refractivity contribution is 5.73. The van der Waals surface area contributed by atoms with Crippen molar-refractivity contribution in [3.8, 4) is 0 Å². The summed E-state index contributed by atoms with van der Waals surface area (Å²) < 4.78 is 0. The number of rotatable bonds is 3. The van der Waals surface area contributed by atoms with Gasteiger partial charge in [0.15, 0.2) is 0 Å². The molecule has 2 rings (SSSR count). The summed E-state index contributed by atoms with van der Waals surface area (Å²) in [6, 6.07) is 4.14. The van der Waals surface area contributed by atoms with E-state index in [2.05, 4.69) is 16.8 Å². The minimum Gasteiger partial charge on any atom is -0.353 e. The largest absolute Gasteiger partial charge is 0.353 e. The fourth-order valence-corrected chi connectivity index (χ4v) is 2.29. The number of amides is 1. The fourth-order valence-electron chi connectivity index (χ4n) is 2.29. The second kappa shape index (κ2) is 6.02. The van der Waals surface area contributed by atoms with E-state index in [4.69, 9.17) is 5.73 Å². The Bertz CT molecular complexity index is 424. The van der Waals surface area contributed by atoms with Gasteiger partial charge >= 0.3 is 0 Å². The van der Waals surface area contributed by atoms with Crippen molar-refractivity contribution in [2.75, 3.05) is 31.1 Å². The monoisotopic (exact) mass is 262 g/mol. The number of hydrogen-bond acceptors (Lipinski definition) is 4. The van der Waals surface area contributed by atoms with Crippen molar-refractivity contribution in [2.24, 2.45) is 5.73 Å². The molecule has 0 radical (unpaired) electrons. The molecule has 104 valence electrons. The Morgan fingerprint density at radius 2 is 2.05 bits per heavy atom. The summed E-state index contributed by atoms with van der Waals surface area (Å²) >= 11 is 0. The molecule has 1 saturated heterocycles. The van der Waals surface area contributed by atoms with Gasteiger partial charge in [0.05, 0.1) is 0 Å². The van der Waals surface area contributed by atoms with Crippen LogP contribution in [-0.4, -0.2) is 42.0 Å². The molecule has 19 heavy (non-hydrogen) atoms. The summed E-state index contributed by atoms with van der Waals surface area (Å²) in [5.74, 6) is 1.12. The first-order valence-corrected chi connectivity index (χ1v) is 6.83. The second-order valence-corrected chi connectivity index (χ2v) is 4.96. The lowest BCUT2D eigenvalue weighted by molar-refractivity contribution is -0.129. The molecule has 5 heteroatoms. The van der Waals surface area contributed by atoms with E-state index in [-0.39, 0.29) is 11.9 Å². The number of hydrogen-bond donors (Lipinski definition) is 1. The van der Waals surface area contributed by atoms with Crippen molar-refractivity contribution < 1.29 is 4.79 Å². The van der Waals surface area contributed by atoms with E-state index >= 15 is 0 Å². The van der Waals surface area contributed by atoms with Crippen LogP contribution in [0.3, 0.4) is 0 Å². The van der Waals surface area contributed by atoms with Gasteiger partial charge in [0.25, 0.3) is 0 Å². The van der Waals surface area contributed by atoms with Gasteiger partial charge in [-0.15, -0.1) is 0 Å². The van der Waals surface area contributed by atoms with Gasteiger partial charge in [0.2, 0.25) is 5.91 Å². The molecule has 0 saturated carbocycles. The molecule has 1 unspecified atom stereocenters. The molecule has 0 spiro atoms. The van der Waals surface area contributed by atoms with Crippen LogP contribution < -0.4 is 10.6 Å². The van der Waals surface area contributed by atoms with Gasteiger partial charge in [0, 0.05) is 45.3 Å². The highest BCUT2D eigenvalue weighted by Gasteiger charge is 2.19. The molecule has 2 N–H and O–H groups in total. The maximum atomic E-state index is 11.3. The van der Waals surface area contributed by atoms with E-state index in [9.17, 15) is 4.79 Å². The van der Waals surface area contributed by atoms with Crippen LogP contribution in [0.4, 0.5) is 5.82 Å². The Labute approximate surface area is 114 Å². The lowest BCUT2D eigenvalue weighted by atomic mass is 10.1. The van der Waals surface area contributed by atoms with Crippen molar-refractivity contribution in [1.82, 2.24) is 9.88 Å². The third-order valence-corrected chi connectivity index (χ3v) is 3.69. The number of aromatic nitrogens is 1. The van der Waals surface area contributed by atoms with E-state index in [0.29, 0.717) is 0 Å². The van der Waals surface area contributed by atoms with Crippen LogP contribution >= 0.6 is 0 Å². The smallest absolute Gasteiger partial charge is 0.219 e. The third-order valence-electron chi connectivity index (χ3n) is 3.69. The number of anilines is 1. The van der Waals surface area contributed by atoms with Crippen molar-refractivity contribution >= 4 is 11.7 Å². The maximum absolute atomic E-state index is 11.3. The summed E-state index contributed by atoms with van der Waals surface area (Å²) in [5.41, 5.74) is 7.05. The van der Waals surface area contributed by atoms with Gasteiger partial charge < -0.3 is 15.5 Å². The van der Waals surface area contributed by atoms with E-state index in [1.54, 1.807) is 6.92 Å². The van der Waals surface area contributed by atoms with Crippen molar-refractivity contribution in [3.05, 3.63) is 23.9 Å². The molecule has 1 aromatic heterocycles. The Morgan fingerprint density at radius 1 is 1.37 bits per heavy atom. The first-order valence-electron chi connectivity index (χ1n) is 6.83. The van der Waals surface area contributed by atoms with Crippen LogP contribution in [0.2, 0.25) is 0 Å². The molecular formula is C14H22N4O. The molecule has 0 bridgehead atoms. The predicted octanol–water partition coefficient (Wildman–Crippen LogP) is 1.16. The number of carbonyl (C=O) groups excluding carboxylic acids is 1. The third kappa shape index (κ3) is 3.23. The number of nitrogens with zero attached hydrogens (tertiary/aromatic N) is 3. The molecule has 1 atom stereocenters. The number of pyridine rings is 1. The Kier molecular flexibility index (Phi) is 4.37. The van der Waals surface area contributed by atoms with Crippen molar-refractivity contribution in [3.63, 3.8) is 0 Å². The number of carbonyl (C=O) groups is 1. The summed E-state index contributed by atoms with van der Waals surface area (Å²) in [6.07, 6.45) is 2.78. The lowest BCUT2D eigenvalue weighted by Gasteiger charge is -2.35. The Balaban J connectivity index is 1.98. The molecule has 1 aliphatic heterocycles.